The summed E-state index contributed by atoms with van der Waals surface area (Å²) < 4.78 is 33.1. The van der Waals surface area contributed by atoms with Crippen LogP contribution >= 0.6 is 0 Å². The maximum absolute atomic E-state index is 13.2. The molecule has 31 heavy (non-hydrogen) atoms. The molecular formula is C23H29N3O4S. The third-order valence-electron chi connectivity index (χ3n) is 6.25. The Labute approximate surface area is 184 Å². The number of benzene rings is 2. The first-order chi connectivity index (χ1) is 15.0. The zero-order valence-corrected chi connectivity index (χ0v) is 18.6. The molecule has 2 atom stereocenters. The lowest BCUT2D eigenvalue weighted by molar-refractivity contribution is 0.198. The minimum Gasteiger partial charge on any atom is -0.497 e. The van der Waals surface area contributed by atoms with Gasteiger partial charge in [0.25, 0.3) is 0 Å². The van der Waals surface area contributed by atoms with Crippen LogP contribution in [0, 0.1) is 5.92 Å². The molecule has 4 rings (SSSR count). The van der Waals surface area contributed by atoms with E-state index in [0.29, 0.717) is 45.6 Å². The topological polar surface area (TPSA) is 79.0 Å². The average Bonchev–Trinajstić information content (AvgIpc) is 2.92. The van der Waals surface area contributed by atoms with Crippen LogP contribution in [0.3, 0.4) is 0 Å². The van der Waals surface area contributed by atoms with Crippen molar-refractivity contribution in [2.75, 3.05) is 26.7 Å². The molecule has 8 heteroatoms. The van der Waals surface area contributed by atoms with Crippen molar-refractivity contribution in [3.8, 4) is 5.75 Å². The lowest BCUT2D eigenvalue weighted by Gasteiger charge is -2.22. The monoisotopic (exact) mass is 443 g/mol. The summed E-state index contributed by atoms with van der Waals surface area (Å²) in [4.78, 5) is 14.4. The number of methoxy groups -OCH3 is 1. The molecule has 2 aliphatic rings. The second-order valence-electron chi connectivity index (χ2n) is 8.19. The van der Waals surface area contributed by atoms with E-state index in [9.17, 15) is 13.2 Å². The van der Waals surface area contributed by atoms with Gasteiger partial charge in [-0.3, -0.25) is 0 Å². The smallest absolute Gasteiger partial charge is 0.317 e. The van der Waals surface area contributed by atoms with Gasteiger partial charge in [0.2, 0.25) is 10.0 Å². The van der Waals surface area contributed by atoms with Crippen LogP contribution in [0.1, 0.15) is 24.0 Å². The van der Waals surface area contributed by atoms with Gasteiger partial charge in [0.05, 0.1) is 12.4 Å². The second-order valence-corrected chi connectivity index (χ2v) is 10.3. The van der Waals surface area contributed by atoms with Crippen molar-refractivity contribution in [3.05, 3.63) is 65.7 Å². The fourth-order valence-electron chi connectivity index (χ4n) is 4.47. The number of hydrogen-bond acceptors (Lipinski definition) is 4. The lowest BCUT2D eigenvalue weighted by atomic mass is 10.0. The number of nitrogens with one attached hydrogen (secondary N) is 1. The highest BCUT2D eigenvalue weighted by Crippen LogP contribution is 2.35. The first-order valence-electron chi connectivity index (χ1n) is 10.7. The van der Waals surface area contributed by atoms with E-state index in [2.05, 4.69) is 5.32 Å². The minimum atomic E-state index is -3.39. The number of amides is 2. The molecule has 2 aliphatic heterocycles. The van der Waals surface area contributed by atoms with Gasteiger partial charge in [-0.05, 0) is 42.0 Å². The van der Waals surface area contributed by atoms with Gasteiger partial charge in [0.15, 0.2) is 0 Å². The maximum Gasteiger partial charge on any atom is 0.317 e. The van der Waals surface area contributed by atoms with Crippen LogP contribution < -0.4 is 10.1 Å². The summed E-state index contributed by atoms with van der Waals surface area (Å²) in [7, 11) is -1.78. The van der Waals surface area contributed by atoms with E-state index < -0.39 is 15.3 Å². The van der Waals surface area contributed by atoms with Crippen LogP contribution in [0.4, 0.5) is 4.79 Å². The number of urea groups is 1. The zero-order valence-electron chi connectivity index (χ0n) is 17.7. The fraction of sp³-hybridized carbons (Fsp3) is 0.435. The van der Waals surface area contributed by atoms with Crippen LogP contribution in [0.25, 0.3) is 0 Å². The molecule has 2 saturated heterocycles. The normalized spacial score (nSPS) is 23.1. The summed E-state index contributed by atoms with van der Waals surface area (Å²) in [6, 6.07) is 17.1. The third-order valence-corrected chi connectivity index (χ3v) is 8.64. The van der Waals surface area contributed by atoms with Crippen molar-refractivity contribution in [2.24, 2.45) is 5.92 Å². The Kier molecular flexibility index (Phi) is 6.48. The van der Waals surface area contributed by atoms with Crippen molar-refractivity contribution < 1.29 is 17.9 Å². The molecule has 2 heterocycles. The van der Waals surface area contributed by atoms with Crippen molar-refractivity contribution >= 4 is 16.1 Å². The molecule has 0 unspecified atom stereocenters. The molecule has 0 bridgehead atoms. The van der Waals surface area contributed by atoms with Gasteiger partial charge in [-0.25, -0.2) is 13.2 Å². The number of nitrogens with zero attached hydrogens (tertiary/aromatic N) is 2. The Morgan fingerprint density at radius 2 is 1.74 bits per heavy atom. The summed E-state index contributed by atoms with van der Waals surface area (Å²) in [6.45, 7) is 2.39. The molecule has 2 fully saturated rings. The van der Waals surface area contributed by atoms with E-state index in [4.69, 9.17) is 4.74 Å². The van der Waals surface area contributed by atoms with Gasteiger partial charge in [0, 0.05) is 32.7 Å². The molecule has 2 aromatic carbocycles. The molecule has 0 saturated carbocycles. The number of hydrogen-bond donors (Lipinski definition) is 1. The Hall–Kier alpha value is -2.58. The van der Waals surface area contributed by atoms with Crippen LogP contribution in [-0.4, -0.2) is 55.6 Å². The van der Waals surface area contributed by atoms with Crippen molar-refractivity contribution in [3.63, 3.8) is 0 Å². The van der Waals surface area contributed by atoms with E-state index in [-0.39, 0.29) is 11.9 Å². The Balaban J connectivity index is 1.35. The van der Waals surface area contributed by atoms with Crippen molar-refractivity contribution in [2.45, 2.75) is 31.2 Å². The van der Waals surface area contributed by atoms with Crippen LogP contribution in [-0.2, 0) is 23.1 Å². The summed E-state index contributed by atoms with van der Waals surface area (Å²) >= 11 is 0. The number of rotatable bonds is 5. The molecule has 166 valence electrons. The third kappa shape index (κ3) is 4.85. The Morgan fingerprint density at radius 1 is 1.03 bits per heavy atom. The van der Waals surface area contributed by atoms with E-state index in [0.717, 1.165) is 16.9 Å². The number of fused-ring (bicyclic) bond motifs is 1. The molecule has 7 nitrogen and oxygen atoms in total. The number of carbonyl (C=O) groups is 1. The minimum absolute atomic E-state index is 0.0511. The van der Waals surface area contributed by atoms with Gasteiger partial charge < -0.3 is 15.0 Å². The Morgan fingerprint density at radius 3 is 2.45 bits per heavy atom. The van der Waals surface area contributed by atoms with Crippen LogP contribution in [0.15, 0.2) is 54.6 Å². The second kappa shape index (κ2) is 9.28. The zero-order chi connectivity index (χ0) is 21.8. The SMILES string of the molecule is COc1ccc(CN2C[C@H]3CCN(C(=O)NCc4ccccc4)CC[C@H]3S2(=O)=O)cc1. The van der Waals surface area contributed by atoms with Crippen molar-refractivity contribution in [1.29, 1.82) is 0 Å². The summed E-state index contributed by atoms with van der Waals surface area (Å²) in [5.41, 5.74) is 1.99. The molecule has 0 aromatic heterocycles. The van der Waals surface area contributed by atoms with Crippen LogP contribution in [0.2, 0.25) is 0 Å². The molecule has 1 N–H and O–H groups in total. The predicted molar refractivity (Wildman–Crippen MR) is 119 cm³/mol. The van der Waals surface area contributed by atoms with E-state index in [1.54, 1.807) is 16.3 Å². The van der Waals surface area contributed by atoms with Crippen LogP contribution in [0.5, 0.6) is 5.75 Å². The highest BCUT2D eigenvalue weighted by Gasteiger charge is 2.47. The molecule has 0 aliphatic carbocycles. The maximum atomic E-state index is 13.2. The van der Waals surface area contributed by atoms with Gasteiger partial charge in [0.1, 0.15) is 5.75 Å². The summed E-state index contributed by atoms with van der Waals surface area (Å²) in [6.07, 6.45) is 1.17. The van der Waals surface area contributed by atoms with Gasteiger partial charge in [-0.1, -0.05) is 42.5 Å². The first kappa shape index (κ1) is 21.6. The molecule has 2 aromatic rings. The fourth-order valence-corrected chi connectivity index (χ4v) is 6.70. The molecular weight excluding hydrogens is 414 g/mol. The molecule has 0 spiro atoms. The molecule has 2 amide bonds. The lowest BCUT2D eigenvalue weighted by Crippen LogP contribution is -2.41. The van der Waals surface area contributed by atoms with Crippen molar-refractivity contribution in [1.82, 2.24) is 14.5 Å². The van der Waals surface area contributed by atoms with E-state index in [1.165, 1.54) is 0 Å². The number of ether oxygens (including phenoxy) is 1. The number of carbonyl (C=O) groups excluding carboxylic acids is 1. The first-order valence-corrected chi connectivity index (χ1v) is 12.2. The summed E-state index contributed by atoms with van der Waals surface area (Å²) in [5.74, 6) is 0.805. The highest BCUT2D eigenvalue weighted by molar-refractivity contribution is 7.90. The quantitative estimate of drug-likeness (QED) is 0.771. The van der Waals surface area contributed by atoms with Gasteiger partial charge in [-0.15, -0.1) is 0 Å². The van der Waals surface area contributed by atoms with E-state index >= 15 is 0 Å². The summed E-state index contributed by atoms with van der Waals surface area (Å²) in [5, 5.41) is 2.53. The van der Waals surface area contributed by atoms with Gasteiger partial charge in [-0.2, -0.15) is 4.31 Å². The van der Waals surface area contributed by atoms with E-state index in [1.807, 2.05) is 54.6 Å². The largest absolute Gasteiger partial charge is 0.497 e. The number of sulfonamides is 1. The standard InChI is InChI=1S/C23H29N3O4S/c1-30-21-9-7-19(8-10-21)16-26-17-20-11-13-25(14-12-22(20)31(26,28)29)23(27)24-15-18-5-3-2-4-6-18/h2-10,20,22H,11-17H2,1H3,(H,24,27)/t20-,22-/m1/s1. The molecule has 0 radical (unpaired) electrons. The van der Waals surface area contributed by atoms with Gasteiger partial charge >= 0.3 is 6.03 Å². The average molecular weight is 444 g/mol. The Bertz CT molecular complexity index is 995. The highest BCUT2D eigenvalue weighted by atomic mass is 32.2. The number of likely N-dealkylation sites (tertiary alicyclic amines) is 1. The predicted octanol–water partition coefficient (Wildman–Crippen LogP) is 2.83.